The lowest BCUT2D eigenvalue weighted by molar-refractivity contribution is 0.0962. The first kappa shape index (κ1) is 18.3. The largest absolute Gasteiger partial charge is 0.486 e. The molecular formula is C17H21ClN2O4. The maximum atomic E-state index is 12.6. The van der Waals surface area contributed by atoms with Crippen molar-refractivity contribution in [3.8, 4) is 5.75 Å². The van der Waals surface area contributed by atoms with Crippen molar-refractivity contribution in [2.75, 3.05) is 26.7 Å². The molecule has 2 aromatic rings. The quantitative estimate of drug-likeness (QED) is 0.910. The summed E-state index contributed by atoms with van der Waals surface area (Å²) in [6, 6.07) is 6.75. The van der Waals surface area contributed by atoms with Crippen molar-refractivity contribution in [2.45, 2.75) is 12.8 Å². The number of likely N-dealkylation sites (tertiary alicyclic amines) is 1. The minimum atomic E-state index is -0.800. The van der Waals surface area contributed by atoms with E-state index >= 15 is 0 Å². The predicted octanol–water partition coefficient (Wildman–Crippen LogP) is 2.03. The zero-order valence-corrected chi connectivity index (χ0v) is 14.3. The molecule has 0 radical (unpaired) electrons. The van der Waals surface area contributed by atoms with Gasteiger partial charge in [0.05, 0.1) is 12.0 Å². The van der Waals surface area contributed by atoms with Gasteiger partial charge >= 0.3 is 0 Å². The van der Waals surface area contributed by atoms with Gasteiger partial charge in [0.25, 0.3) is 5.91 Å². The van der Waals surface area contributed by atoms with Gasteiger partial charge in [-0.2, -0.15) is 0 Å². The Bertz CT molecular complexity index is 782. The Morgan fingerprint density at radius 3 is 2.67 bits per heavy atom. The van der Waals surface area contributed by atoms with E-state index in [1.807, 2.05) is 0 Å². The molecule has 6 nitrogen and oxygen atoms in total. The molecule has 130 valence electrons. The first-order valence-electron chi connectivity index (χ1n) is 7.73. The van der Waals surface area contributed by atoms with Crippen LogP contribution >= 0.6 is 12.4 Å². The second kappa shape index (κ2) is 7.68. The van der Waals surface area contributed by atoms with Gasteiger partial charge in [-0.3, -0.25) is 9.59 Å². The number of rotatable bonds is 4. The Morgan fingerprint density at radius 2 is 2.00 bits per heavy atom. The van der Waals surface area contributed by atoms with Gasteiger partial charge in [0.15, 0.2) is 0 Å². The van der Waals surface area contributed by atoms with E-state index in [0.29, 0.717) is 23.5 Å². The van der Waals surface area contributed by atoms with Crippen LogP contribution in [0.1, 0.15) is 23.4 Å². The normalized spacial score (nSPS) is 15.9. The number of amides is 1. The van der Waals surface area contributed by atoms with E-state index in [9.17, 15) is 9.59 Å². The number of hydrogen-bond acceptors (Lipinski definition) is 5. The van der Waals surface area contributed by atoms with E-state index in [2.05, 4.69) is 11.9 Å². The van der Waals surface area contributed by atoms with Crippen molar-refractivity contribution in [3.05, 3.63) is 40.2 Å². The van der Waals surface area contributed by atoms with Crippen molar-refractivity contribution in [3.63, 3.8) is 0 Å². The van der Waals surface area contributed by atoms with Gasteiger partial charge in [-0.1, -0.05) is 12.1 Å². The average molecular weight is 353 g/mol. The zero-order valence-electron chi connectivity index (χ0n) is 13.5. The molecule has 1 aromatic heterocycles. The zero-order chi connectivity index (χ0) is 16.4. The summed E-state index contributed by atoms with van der Waals surface area (Å²) in [7, 11) is 2.08. The summed E-state index contributed by atoms with van der Waals surface area (Å²) in [6.07, 6.45) is 2.00. The van der Waals surface area contributed by atoms with Crippen LogP contribution in [0, 0.1) is 5.92 Å². The molecule has 0 unspecified atom stereocenters. The van der Waals surface area contributed by atoms with E-state index in [-0.39, 0.29) is 29.3 Å². The van der Waals surface area contributed by atoms with Crippen molar-refractivity contribution in [2.24, 2.45) is 11.7 Å². The third-order valence-electron chi connectivity index (χ3n) is 4.28. The first-order valence-corrected chi connectivity index (χ1v) is 7.73. The molecule has 0 saturated carbocycles. The van der Waals surface area contributed by atoms with Crippen molar-refractivity contribution in [1.82, 2.24) is 4.90 Å². The van der Waals surface area contributed by atoms with Gasteiger partial charge in [0.1, 0.15) is 5.58 Å². The number of halogens is 1. The summed E-state index contributed by atoms with van der Waals surface area (Å²) >= 11 is 0. The van der Waals surface area contributed by atoms with E-state index < -0.39 is 5.91 Å². The molecule has 24 heavy (non-hydrogen) atoms. The van der Waals surface area contributed by atoms with E-state index in [0.717, 1.165) is 25.9 Å². The molecule has 1 saturated heterocycles. The van der Waals surface area contributed by atoms with Gasteiger partial charge < -0.3 is 19.8 Å². The summed E-state index contributed by atoms with van der Waals surface area (Å²) in [5.74, 6) is -0.721. The summed E-state index contributed by atoms with van der Waals surface area (Å²) in [5, 5.41) is 0.385. The lowest BCUT2D eigenvalue weighted by Crippen LogP contribution is -2.33. The lowest BCUT2D eigenvalue weighted by atomic mass is 9.98. The van der Waals surface area contributed by atoms with Crippen LogP contribution in [0.2, 0.25) is 0 Å². The molecule has 0 bridgehead atoms. The molecule has 1 fully saturated rings. The van der Waals surface area contributed by atoms with Gasteiger partial charge in [-0.25, -0.2) is 0 Å². The smallest absolute Gasteiger partial charge is 0.288 e. The highest BCUT2D eigenvalue weighted by Gasteiger charge is 2.23. The van der Waals surface area contributed by atoms with Crippen LogP contribution in [-0.4, -0.2) is 37.6 Å². The number of nitrogens with zero attached hydrogens (tertiary/aromatic N) is 1. The topological polar surface area (TPSA) is 85.8 Å². The monoisotopic (exact) mass is 352 g/mol. The number of primary amides is 1. The highest BCUT2D eigenvalue weighted by atomic mass is 35.5. The lowest BCUT2D eigenvalue weighted by Gasteiger charge is -2.28. The van der Waals surface area contributed by atoms with E-state index in [1.54, 1.807) is 24.3 Å². The fraction of sp³-hybridized carbons (Fsp3) is 0.412. The van der Waals surface area contributed by atoms with Crippen LogP contribution in [0.5, 0.6) is 5.75 Å². The molecule has 0 atom stereocenters. The third-order valence-corrected chi connectivity index (χ3v) is 4.28. The Balaban J connectivity index is 0.00000208. The number of nitrogens with two attached hydrogens (primary N) is 1. The number of ether oxygens (including phenoxy) is 1. The molecule has 0 spiro atoms. The molecule has 3 rings (SSSR count). The number of fused-ring (bicyclic) bond motifs is 1. The van der Waals surface area contributed by atoms with Crippen molar-refractivity contribution < 1.29 is 13.9 Å². The number of carbonyl (C=O) groups is 1. The van der Waals surface area contributed by atoms with E-state index in [4.69, 9.17) is 14.9 Å². The molecule has 1 aliphatic heterocycles. The molecule has 2 heterocycles. The van der Waals surface area contributed by atoms with Crippen LogP contribution in [0.25, 0.3) is 11.0 Å². The van der Waals surface area contributed by atoms with Crippen LogP contribution in [0.15, 0.2) is 33.5 Å². The Hall–Kier alpha value is -2.05. The average Bonchev–Trinajstić information content (AvgIpc) is 2.55. The molecular weight excluding hydrogens is 332 g/mol. The van der Waals surface area contributed by atoms with Crippen molar-refractivity contribution in [1.29, 1.82) is 0 Å². The Labute approximate surface area is 146 Å². The fourth-order valence-corrected chi connectivity index (χ4v) is 2.85. The molecule has 7 heteroatoms. The predicted molar refractivity (Wildman–Crippen MR) is 94.0 cm³/mol. The number of hydrogen-bond donors (Lipinski definition) is 1. The Morgan fingerprint density at radius 1 is 1.33 bits per heavy atom. The highest BCUT2D eigenvalue weighted by Crippen LogP contribution is 2.23. The molecule has 1 aromatic carbocycles. The SMILES string of the molecule is CN1CCC(COc2c(C(N)=O)oc3ccccc3c2=O)CC1.Cl. The second-order valence-electron chi connectivity index (χ2n) is 6.01. The van der Waals surface area contributed by atoms with E-state index in [1.165, 1.54) is 0 Å². The minimum Gasteiger partial charge on any atom is -0.486 e. The minimum absolute atomic E-state index is 0. The molecule has 1 aliphatic rings. The van der Waals surface area contributed by atoms with Crippen LogP contribution in [0.4, 0.5) is 0 Å². The molecule has 0 aliphatic carbocycles. The van der Waals surface area contributed by atoms with Gasteiger partial charge in [-0.15, -0.1) is 12.4 Å². The van der Waals surface area contributed by atoms with Gasteiger partial charge in [0.2, 0.25) is 16.9 Å². The van der Waals surface area contributed by atoms with Crippen LogP contribution in [0.3, 0.4) is 0 Å². The highest BCUT2D eigenvalue weighted by molar-refractivity contribution is 5.95. The third kappa shape index (κ3) is 3.71. The molecule has 2 N–H and O–H groups in total. The molecule has 1 amide bonds. The number of carbonyl (C=O) groups excluding carboxylic acids is 1. The summed E-state index contributed by atoms with van der Waals surface area (Å²) < 4.78 is 11.2. The maximum Gasteiger partial charge on any atom is 0.288 e. The summed E-state index contributed by atoms with van der Waals surface area (Å²) in [6.45, 7) is 2.39. The van der Waals surface area contributed by atoms with Crippen molar-refractivity contribution >= 4 is 29.3 Å². The Kier molecular flexibility index (Phi) is 5.85. The summed E-state index contributed by atoms with van der Waals surface area (Å²) in [4.78, 5) is 26.5. The number of para-hydroxylation sites is 1. The second-order valence-corrected chi connectivity index (χ2v) is 6.01. The van der Waals surface area contributed by atoms with Crippen LogP contribution < -0.4 is 15.9 Å². The number of piperidine rings is 1. The standard InChI is InChI=1S/C17H20N2O4.ClH/c1-19-8-6-11(7-9-19)10-22-15-14(20)12-4-2-3-5-13(12)23-16(15)17(18)21;/h2-5,11H,6-10H2,1H3,(H2,18,21);1H. The summed E-state index contributed by atoms with van der Waals surface area (Å²) in [5.41, 5.74) is 5.32. The first-order chi connectivity index (χ1) is 11.1. The fourth-order valence-electron chi connectivity index (χ4n) is 2.85. The number of benzene rings is 1. The van der Waals surface area contributed by atoms with Crippen LogP contribution in [-0.2, 0) is 0 Å². The van der Waals surface area contributed by atoms with Gasteiger partial charge in [0, 0.05) is 0 Å². The van der Waals surface area contributed by atoms with Gasteiger partial charge in [-0.05, 0) is 51.0 Å². The maximum absolute atomic E-state index is 12.6.